The first-order chi connectivity index (χ1) is 13.4. The first-order valence-electron chi connectivity index (χ1n) is 10.0. The minimum absolute atomic E-state index is 0.106. The molecule has 6 nitrogen and oxygen atoms in total. The summed E-state index contributed by atoms with van der Waals surface area (Å²) in [4.78, 5) is 15.9. The summed E-state index contributed by atoms with van der Waals surface area (Å²) in [6, 6.07) is 4.91. The van der Waals surface area contributed by atoms with Crippen molar-refractivity contribution in [2.24, 2.45) is 0 Å². The molecule has 0 aromatic heterocycles. The van der Waals surface area contributed by atoms with Crippen molar-refractivity contribution >= 4 is 15.9 Å². The van der Waals surface area contributed by atoms with Crippen LogP contribution in [0.4, 0.5) is 4.39 Å². The number of nitrogens with one attached hydrogen (secondary N) is 1. The molecule has 2 aliphatic rings. The van der Waals surface area contributed by atoms with E-state index in [1.165, 1.54) is 22.9 Å². The molecule has 0 atom stereocenters. The first-order valence-corrected chi connectivity index (χ1v) is 11.4. The zero-order chi connectivity index (χ0) is 20.1. The third-order valence-electron chi connectivity index (χ3n) is 5.51. The van der Waals surface area contributed by atoms with Crippen LogP contribution in [-0.4, -0.2) is 62.8 Å². The van der Waals surface area contributed by atoms with Crippen molar-refractivity contribution in [3.8, 4) is 0 Å². The summed E-state index contributed by atoms with van der Waals surface area (Å²) in [5, 5.41) is 0. The molecule has 0 bridgehead atoms. The van der Waals surface area contributed by atoms with Crippen LogP contribution >= 0.6 is 0 Å². The fraction of sp³-hybridized carbons (Fsp3) is 0.550. The fourth-order valence-electron chi connectivity index (χ4n) is 3.89. The Morgan fingerprint density at radius 3 is 2.43 bits per heavy atom. The second-order valence-electron chi connectivity index (χ2n) is 7.36. The molecule has 154 valence electrons. The van der Waals surface area contributed by atoms with Crippen molar-refractivity contribution in [1.82, 2.24) is 9.21 Å². The van der Waals surface area contributed by atoms with Crippen molar-refractivity contribution in [2.75, 3.05) is 39.3 Å². The van der Waals surface area contributed by atoms with E-state index in [-0.39, 0.29) is 10.8 Å². The van der Waals surface area contributed by atoms with Gasteiger partial charge in [-0.05, 0) is 56.9 Å². The van der Waals surface area contributed by atoms with Crippen molar-refractivity contribution in [2.45, 2.75) is 37.5 Å². The fourth-order valence-corrected chi connectivity index (χ4v) is 5.33. The lowest BCUT2D eigenvalue weighted by Gasteiger charge is -2.33. The lowest BCUT2D eigenvalue weighted by Crippen LogP contribution is -3.15. The monoisotopic (exact) mass is 410 g/mol. The van der Waals surface area contributed by atoms with E-state index in [1.54, 1.807) is 0 Å². The average molecular weight is 411 g/mol. The maximum atomic E-state index is 13.1. The molecule has 1 saturated heterocycles. The summed E-state index contributed by atoms with van der Waals surface area (Å²) in [6.07, 6.45) is 6.48. The second kappa shape index (κ2) is 9.15. The average Bonchev–Trinajstić information content (AvgIpc) is 2.70. The first kappa shape index (κ1) is 21.0. The molecule has 8 heteroatoms. The molecule has 1 fully saturated rings. The zero-order valence-electron chi connectivity index (χ0n) is 16.4. The molecule has 0 unspecified atom stereocenters. The summed E-state index contributed by atoms with van der Waals surface area (Å²) in [7, 11) is -3.62. The number of hydrogen-bond donors (Lipinski definition) is 1. The van der Waals surface area contributed by atoms with Gasteiger partial charge in [0.25, 0.3) is 5.91 Å². The molecule has 0 radical (unpaired) electrons. The molecule has 1 aromatic carbocycles. The van der Waals surface area contributed by atoms with Crippen molar-refractivity contribution < 1.29 is 22.5 Å². The van der Waals surface area contributed by atoms with Crippen LogP contribution < -0.4 is 4.90 Å². The highest BCUT2D eigenvalue weighted by molar-refractivity contribution is 7.89. The van der Waals surface area contributed by atoms with Crippen molar-refractivity contribution in [3.63, 3.8) is 0 Å². The van der Waals surface area contributed by atoms with Crippen LogP contribution in [-0.2, 0) is 14.8 Å². The summed E-state index contributed by atoms with van der Waals surface area (Å²) in [5.74, 6) is -0.347. The Morgan fingerprint density at radius 2 is 1.86 bits per heavy atom. The smallest absolute Gasteiger partial charge is 0.281 e. The molecular formula is C20H29FN3O3S+. The van der Waals surface area contributed by atoms with E-state index in [1.807, 2.05) is 11.8 Å². The number of carbonyl (C=O) groups excluding carboxylic acids is 1. The molecule has 3 rings (SSSR count). The highest BCUT2D eigenvalue weighted by Crippen LogP contribution is 2.20. The molecule has 1 aliphatic heterocycles. The Bertz CT molecular complexity index is 816. The van der Waals surface area contributed by atoms with Gasteiger partial charge in [-0.15, -0.1) is 0 Å². The molecular weight excluding hydrogens is 381 g/mol. The van der Waals surface area contributed by atoms with Gasteiger partial charge < -0.3 is 9.80 Å². The number of allylic oxidation sites excluding steroid dienone is 2. The number of amides is 1. The summed E-state index contributed by atoms with van der Waals surface area (Å²) < 4.78 is 39.9. The predicted molar refractivity (Wildman–Crippen MR) is 105 cm³/mol. The van der Waals surface area contributed by atoms with Crippen LogP contribution in [0.3, 0.4) is 0 Å². The molecule has 1 aliphatic carbocycles. The standard InChI is InChI=1S/C20H28FN3O3S/c1-2-24(18-6-4-3-5-7-18)20(25)16-22-12-14-23(15-13-22)28(26,27)19-10-8-17(21)9-11-19/h6,8-11H,2-5,7,12-16H2,1H3/p+1. The quantitative estimate of drug-likeness (QED) is 0.762. The Labute approximate surface area is 166 Å². The van der Waals surface area contributed by atoms with Gasteiger partial charge in [0, 0.05) is 12.2 Å². The molecule has 0 saturated carbocycles. The van der Waals surface area contributed by atoms with Crippen molar-refractivity contribution in [1.29, 1.82) is 0 Å². The lowest BCUT2D eigenvalue weighted by molar-refractivity contribution is -0.895. The van der Waals surface area contributed by atoms with Crippen LogP contribution in [0.2, 0.25) is 0 Å². The number of carbonyl (C=O) groups is 1. The number of rotatable bonds is 6. The van der Waals surface area contributed by atoms with E-state index < -0.39 is 15.8 Å². The maximum absolute atomic E-state index is 13.1. The van der Waals surface area contributed by atoms with Gasteiger partial charge in [0.05, 0.1) is 31.1 Å². The van der Waals surface area contributed by atoms with Crippen LogP contribution in [0.25, 0.3) is 0 Å². The minimum Gasteiger partial charge on any atom is -0.325 e. The molecule has 1 heterocycles. The molecule has 0 spiro atoms. The molecule has 1 amide bonds. The van der Waals surface area contributed by atoms with E-state index in [4.69, 9.17) is 0 Å². The third kappa shape index (κ3) is 4.79. The van der Waals surface area contributed by atoms with Crippen LogP contribution in [0.15, 0.2) is 40.9 Å². The number of quaternary nitrogens is 1. The number of halogens is 1. The third-order valence-corrected chi connectivity index (χ3v) is 7.43. The topological polar surface area (TPSA) is 62.1 Å². The SMILES string of the molecule is CCN(C(=O)C[NH+]1CCN(S(=O)(=O)c2ccc(F)cc2)CC1)C1=CCCCC1. The number of piperazine rings is 1. The van der Waals surface area contributed by atoms with Gasteiger partial charge in [-0.1, -0.05) is 6.08 Å². The molecule has 1 N–H and O–H groups in total. The lowest BCUT2D eigenvalue weighted by atomic mass is 10.0. The van der Waals surface area contributed by atoms with Gasteiger partial charge in [0.2, 0.25) is 10.0 Å². The van der Waals surface area contributed by atoms with E-state index in [0.717, 1.165) is 42.0 Å². The van der Waals surface area contributed by atoms with Gasteiger partial charge >= 0.3 is 0 Å². The van der Waals surface area contributed by atoms with Gasteiger partial charge in [0.1, 0.15) is 5.82 Å². The largest absolute Gasteiger partial charge is 0.325 e. The maximum Gasteiger partial charge on any atom is 0.281 e. The van der Waals surface area contributed by atoms with Gasteiger partial charge in [-0.25, -0.2) is 12.8 Å². The van der Waals surface area contributed by atoms with E-state index >= 15 is 0 Å². The molecule has 1 aromatic rings. The van der Waals surface area contributed by atoms with Gasteiger partial charge in [-0.2, -0.15) is 4.31 Å². The van der Waals surface area contributed by atoms with Crippen LogP contribution in [0.5, 0.6) is 0 Å². The Balaban J connectivity index is 1.57. The number of likely N-dealkylation sites (N-methyl/N-ethyl adjacent to an activating group) is 1. The normalized spacial score (nSPS) is 19.3. The summed E-state index contributed by atoms with van der Waals surface area (Å²) >= 11 is 0. The zero-order valence-corrected chi connectivity index (χ0v) is 17.2. The van der Waals surface area contributed by atoms with E-state index in [2.05, 4.69) is 6.08 Å². The number of sulfonamides is 1. The summed E-state index contributed by atoms with van der Waals surface area (Å²) in [5.41, 5.74) is 1.13. The highest BCUT2D eigenvalue weighted by Gasteiger charge is 2.32. The second-order valence-corrected chi connectivity index (χ2v) is 9.30. The number of hydrogen-bond acceptors (Lipinski definition) is 3. The van der Waals surface area contributed by atoms with Crippen LogP contribution in [0.1, 0.15) is 32.6 Å². The number of nitrogens with zero attached hydrogens (tertiary/aromatic N) is 2. The Hall–Kier alpha value is -1.77. The number of benzene rings is 1. The highest BCUT2D eigenvalue weighted by atomic mass is 32.2. The van der Waals surface area contributed by atoms with E-state index in [9.17, 15) is 17.6 Å². The van der Waals surface area contributed by atoms with Gasteiger partial charge in [0.15, 0.2) is 6.54 Å². The minimum atomic E-state index is -3.62. The Kier molecular flexibility index (Phi) is 6.85. The van der Waals surface area contributed by atoms with E-state index in [0.29, 0.717) is 39.3 Å². The van der Waals surface area contributed by atoms with Crippen molar-refractivity contribution in [3.05, 3.63) is 41.9 Å². The van der Waals surface area contributed by atoms with Crippen LogP contribution in [0, 0.1) is 5.82 Å². The summed E-state index contributed by atoms with van der Waals surface area (Å²) in [6.45, 7) is 4.94. The predicted octanol–water partition coefficient (Wildman–Crippen LogP) is 1.02. The molecule has 28 heavy (non-hydrogen) atoms. The van der Waals surface area contributed by atoms with Gasteiger partial charge in [-0.3, -0.25) is 4.79 Å². The Morgan fingerprint density at radius 1 is 1.18 bits per heavy atom.